The Kier molecular flexibility index (Phi) is 3.53. The van der Waals surface area contributed by atoms with Crippen molar-refractivity contribution in [1.82, 2.24) is 9.97 Å². The van der Waals surface area contributed by atoms with Gasteiger partial charge in [0, 0.05) is 16.3 Å². The maximum atomic E-state index is 12.9. The topological polar surface area (TPSA) is 54.9 Å². The zero-order valence-corrected chi connectivity index (χ0v) is 11.7. The van der Waals surface area contributed by atoms with Gasteiger partial charge in [0.05, 0.1) is 11.2 Å². The summed E-state index contributed by atoms with van der Waals surface area (Å²) in [6.45, 7) is 0. The minimum Gasteiger partial charge on any atom is -0.296 e. The molecule has 0 unspecified atom stereocenters. The summed E-state index contributed by atoms with van der Waals surface area (Å²) in [5.41, 5.74) is 3.47. The number of nitrogens with zero attached hydrogens (tertiary/aromatic N) is 2. The number of rotatable bonds is 3. The monoisotopic (exact) mass is 305 g/mol. The molecule has 0 radical (unpaired) electrons. The second kappa shape index (κ2) is 5.48. The molecule has 100 valence electrons. The predicted molar refractivity (Wildman–Crippen MR) is 77.6 cm³/mol. The molecule has 4 nitrogen and oxygen atoms in total. The van der Waals surface area contributed by atoms with Gasteiger partial charge < -0.3 is 0 Å². The summed E-state index contributed by atoms with van der Waals surface area (Å²) in [6.07, 6.45) is 0. The lowest BCUT2D eigenvalue weighted by Gasteiger charge is -1.98. The number of hydrogen-bond acceptors (Lipinski definition) is 5. The quantitative estimate of drug-likeness (QED) is 0.803. The van der Waals surface area contributed by atoms with Crippen molar-refractivity contribution in [2.45, 2.75) is 0 Å². The van der Waals surface area contributed by atoms with Crippen LogP contribution in [0.5, 0.6) is 0 Å². The minimum absolute atomic E-state index is 0.286. The van der Waals surface area contributed by atoms with Gasteiger partial charge in [0.1, 0.15) is 11.5 Å². The summed E-state index contributed by atoms with van der Waals surface area (Å²) < 4.78 is 12.9. The Morgan fingerprint density at radius 3 is 2.70 bits per heavy atom. The van der Waals surface area contributed by atoms with Gasteiger partial charge >= 0.3 is 0 Å². The normalized spacial score (nSPS) is 10.4. The molecule has 1 amide bonds. The van der Waals surface area contributed by atoms with E-state index >= 15 is 0 Å². The number of benzene rings is 1. The van der Waals surface area contributed by atoms with E-state index in [9.17, 15) is 9.18 Å². The van der Waals surface area contributed by atoms with Crippen LogP contribution in [-0.4, -0.2) is 15.9 Å². The molecule has 0 aliphatic rings. The van der Waals surface area contributed by atoms with Gasteiger partial charge in [0.15, 0.2) is 5.13 Å². The summed E-state index contributed by atoms with van der Waals surface area (Å²) in [5, 5.41) is 6.65. The van der Waals surface area contributed by atoms with E-state index in [4.69, 9.17) is 0 Å². The predicted octanol–water partition coefficient (Wildman–Crippen LogP) is 3.66. The van der Waals surface area contributed by atoms with Crippen molar-refractivity contribution in [3.05, 3.63) is 52.0 Å². The second-order valence-electron chi connectivity index (χ2n) is 3.87. The number of amides is 1. The Balaban J connectivity index is 1.77. The van der Waals surface area contributed by atoms with Crippen molar-refractivity contribution in [2.24, 2.45) is 0 Å². The molecule has 0 spiro atoms. The molecule has 0 atom stereocenters. The number of aromatic nitrogens is 2. The molecule has 0 fully saturated rings. The molecule has 0 bridgehead atoms. The van der Waals surface area contributed by atoms with Gasteiger partial charge in [-0.05, 0) is 24.3 Å². The van der Waals surface area contributed by atoms with Crippen LogP contribution in [0.1, 0.15) is 10.5 Å². The fourth-order valence-electron chi connectivity index (χ4n) is 1.57. The highest BCUT2D eigenvalue weighted by Crippen LogP contribution is 2.25. The van der Waals surface area contributed by atoms with Crippen molar-refractivity contribution in [1.29, 1.82) is 0 Å². The first-order valence-electron chi connectivity index (χ1n) is 5.63. The van der Waals surface area contributed by atoms with Gasteiger partial charge in [0.25, 0.3) is 5.91 Å². The molecule has 2 aromatic heterocycles. The highest BCUT2D eigenvalue weighted by molar-refractivity contribution is 7.14. The molecule has 7 heteroatoms. The van der Waals surface area contributed by atoms with E-state index in [1.807, 2.05) is 5.38 Å². The van der Waals surface area contributed by atoms with Crippen LogP contribution in [0.4, 0.5) is 9.52 Å². The largest absolute Gasteiger partial charge is 0.296 e. The summed E-state index contributed by atoms with van der Waals surface area (Å²) >= 11 is 2.67. The molecule has 3 aromatic rings. The first-order chi connectivity index (χ1) is 9.72. The van der Waals surface area contributed by atoms with Crippen LogP contribution in [0.3, 0.4) is 0 Å². The Hall–Kier alpha value is -2.12. The molecule has 2 heterocycles. The fourth-order valence-corrected chi connectivity index (χ4v) is 2.82. The number of halogens is 1. The summed E-state index contributed by atoms with van der Waals surface area (Å²) in [6, 6.07) is 6.05. The molecule has 0 aliphatic carbocycles. The Labute approximate surface area is 122 Å². The number of thiazole rings is 2. The fraction of sp³-hybridized carbons (Fsp3) is 0. The van der Waals surface area contributed by atoms with Gasteiger partial charge in [-0.2, -0.15) is 0 Å². The minimum atomic E-state index is -0.291. The number of carbonyl (C=O) groups excluding carboxylic acids is 1. The maximum Gasteiger partial charge on any atom is 0.276 e. The highest BCUT2D eigenvalue weighted by atomic mass is 32.1. The molecular formula is C13H8FN3OS2. The average molecular weight is 305 g/mol. The van der Waals surface area contributed by atoms with E-state index < -0.39 is 0 Å². The first kappa shape index (κ1) is 12.9. The van der Waals surface area contributed by atoms with E-state index in [1.54, 1.807) is 23.0 Å². The zero-order valence-electron chi connectivity index (χ0n) is 10.0. The van der Waals surface area contributed by atoms with E-state index in [1.165, 1.54) is 34.8 Å². The van der Waals surface area contributed by atoms with Gasteiger partial charge in [-0.25, -0.2) is 14.4 Å². The average Bonchev–Trinajstić information content (AvgIpc) is 3.10. The lowest BCUT2D eigenvalue weighted by Crippen LogP contribution is -2.11. The standard InChI is InChI=1S/C13H8FN3OS2/c14-9-3-1-8(2-4-9)10-6-20-13(16-10)17-12(18)11-5-19-7-15-11/h1-7H,(H,16,17,18). The Bertz CT molecular complexity index is 722. The third kappa shape index (κ3) is 2.73. The molecule has 1 aromatic carbocycles. The highest BCUT2D eigenvalue weighted by Gasteiger charge is 2.11. The third-order valence-corrected chi connectivity index (χ3v) is 3.87. The number of hydrogen-bond donors (Lipinski definition) is 1. The van der Waals surface area contributed by atoms with Crippen LogP contribution in [0.25, 0.3) is 11.3 Å². The van der Waals surface area contributed by atoms with Crippen LogP contribution in [0.15, 0.2) is 40.5 Å². The van der Waals surface area contributed by atoms with Crippen LogP contribution >= 0.6 is 22.7 Å². The zero-order chi connectivity index (χ0) is 13.9. The van der Waals surface area contributed by atoms with Gasteiger partial charge in [-0.15, -0.1) is 22.7 Å². The smallest absolute Gasteiger partial charge is 0.276 e. The van der Waals surface area contributed by atoms with Crippen molar-refractivity contribution in [3.63, 3.8) is 0 Å². The van der Waals surface area contributed by atoms with Crippen molar-refractivity contribution >= 4 is 33.7 Å². The Morgan fingerprint density at radius 2 is 2.00 bits per heavy atom. The number of anilines is 1. The molecule has 3 rings (SSSR count). The molecule has 0 saturated heterocycles. The number of carbonyl (C=O) groups is 1. The first-order valence-corrected chi connectivity index (χ1v) is 7.45. The molecule has 0 aliphatic heterocycles. The SMILES string of the molecule is O=C(Nc1nc(-c2ccc(F)cc2)cs1)c1cscn1. The van der Waals surface area contributed by atoms with Gasteiger partial charge in [-0.1, -0.05) is 0 Å². The number of nitrogens with one attached hydrogen (secondary N) is 1. The lowest BCUT2D eigenvalue weighted by molar-refractivity contribution is 0.102. The van der Waals surface area contributed by atoms with Crippen molar-refractivity contribution in [3.8, 4) is 11.3 Å². The van der Waals surface area contributed by atoms with Gasteiger partial charge in [-0.3, -0.25) is 10.1 Å². The molecule has 0 saturated carbocycles. The van der Waals surface area contributed by atoms with Crippen LogP contribution in [0, 0.1) is 5.82 Å². The summed E-state index contributed by atoms with van der Waals surface area (Å²) in [5.74, 6) is -0.577. The second-order valence-corrected chi connectivity index (χ2v) is 5.45. The molecule has 1 N–H and O–H groups in total. The van der Waals surface area contributed by atoms with E-state index in [-0.39, 0.29) is 11.7 Å². The van der Waals surface area contributed by atoms with Crippen molar-refractivity contribution in [2.75, 3.05) is 5.32 Å². The maximum absolute atomic E-state index is 12.9. The third-order valence-electron chi connectivity index (χ3n) is 2.53. The van der Waals surface area contributed by atoms with Crippen LogP contribution in [-0.2, 0) is 0 Å². The van der Waals surface area contributed by atoms with Crippen LogP contribution in [0.2, 0.25) is 0 Å². The van der Waals surface area contributed by atoms with E-state index in [2.05, 4.69) is 15.3 Å². The van der Waals surface area contributed by atoms with Crippen LogP contribution < -0.4 is 5.32 Å². The summed E-state index contributed by atoms with van der Waals surface area (Å²) in [7, 11) is 0. The molecule has 20 heavy (non-hydrogen) atoms. The van der Waals surface area contributed by atoms with Crippen molar-refractivity contribution < 1.29 is 9.18 Å². The van der Waals surface area contributed by atoms with E-state index in [0.717, 1.165) is 5.56 Å². The van der Waals surface area contributed by atoms with Gasteiger partial charge in [0.2, 0.25) is 0 Å². The lowest BCUT2D eigenvalue weighted by atomic mass is 10.2. The molecular weight excluding hydrogens is 297 g/mol. The summed E-state index contributed by atoms with van der Waals surface area (Å²) in [4.78, 5) is 20.0. The van der Waals surface area contributed by atoms with E-state index in [0.29, 0.717) is 16.5 Å². The Morgan fingerprint density at radius 1 is 1.20 bits per heavy atom.